The molecule has 6 heteroatoms. The van der Waals surface area contributed by atoms with Crippen molar-refractivity contribution in [1.29, 1.82) is 0 Å². The van der Waals surface area contributed by atoms with Crippen molar-refractivity contribution >= 4 is 5.91 Å². The molecule has 3 nitrogen and oxygen atoms in total. The lowest BCUT2D eigenvalue weighted by atomic mass is 10.1. The predicted octanol–water partition coefficient (Wildman–Crippen LogP) is 2.84. The Morgan fingerprint density at radius 2 is 1.95 bits per heavy atom. The summed E-state index contributed by atoms with van der Waals surface area (Å²) >= 11 is 0. The van der Waals surface area contributed by atoms with E-state index in [-0.39, 0.29) is 24.3 Å². The third kappa shape index (κ3) is 2.77. The Kier molecular flexibility index (Phi) is 3.75. The first kappa shape index (κ1) is 14.4. The van der Waals surface area contributed by atoms with E-state index >= 15 is 0 Å². The molecule has 1 heterocycles. The quantitative estimate of drug-likeness (QED) is 0.947. The van der Waals surface area contributed by atoms with E-state index in [0.717, 1.165) is 6.07 Å². The molecule has 2 aromatic rings. The van der Waals surface area contributed by atoms with Crippen molar-refractivity contribution in [1.82, 2.24) is 5.32 Å². The Balaban J connectivity index is 1.64. The highest BCUT2D eigenvalue weighted by Gasteiger charge is 2.27. The molecule has 0 saturated heterocycles. The topological polar surface area (TPSA) is 38.3 Å². The van der Waals surface area contributed by atoms with Gasteiger partial charge in [-0.05, 0) is 18.2 Å². The Morgan fingerprint density at radius 3 is 2.73 bits per heavy atom. The number of halogens is 3. The number of benzene rings is 2. The fourth-order valence-corrected chi connectivity index (χ4v) is 2.41. The first-order valence-electron chi connectivity index (χ1n) is 6.72. The first-order valence-corrected chi connectivity index (χ1v) is 6.72. The number of ether oxygens (including phenoxy) is 1. The van der Waals surface area contributed by atoms with Crippen LogP contribution in [0.4, 0.5) is 13.2 Å². The highest BCUT2D eigenvalue weighted by molar-refractivity contribution is 5.94. The normalized spacial score (nSPS) is 16.0. The SMILES string of the molecule is O=C(NC[C@H]1Cc2cc(F)cc(F)c2O1)c1ccccc1F. The van der Waals surface area contributed by atoms with E-state index in [4.69, 9.17) is 4.74 Å². The van der Waals surface area contributed by atoms with Crippen molar-refractivity contribution in [3.63, 3.8) is 0 Å². The van der Waals surface area contributed by atoms with Gasteiger partial charge >= 0.3 is 0 Å². The zero-order chi connectivity index (χ0) is 15.7. The van der Waals surface area contributed by atoms with Gasteiger partial charge in [0.15, 0.2) is 11.6 Å². The van der Waals surface area contributed by atoms with Gasteiger partial charge in [0, 0.05) is 18.1 Å². The molecule has 2 aromatic carbocycles. The molecule has 22 heavy (non-hydrogen) atoms. The lowest BCUT2D eigenvalue weighted by Crippen LogP contribution is -2.34. The van der Waals surface area contributed by atoms with Crippen molar-refractivity contribution in [2.45, 2.75) is 12.5 Å². The van der Waals surface area contributed by atoms with Gasteiger partial charge in [-0.2, -0.15) is 0 Å². The second kappa shape index (κ2) is 5.71. The lowest BCUT2D eigenvalue weighted by Gasteiger charge is -2.12. The lowest BCUT2D eigenvalue weighted by molar-refractivity contribution is 0.0929. The van der Waals surface area contributed by atoms with E-state index in [9.17, 15) is 18.0 Å². The molecule has 0 aliphatic carbocycles. The molecule has 1 aliphatic rings. The monoisotopic (exact) mass is 307 g/mol. The highest BCUT2D eigenvalue weighted by Crippen LogP contribution is 2.32. The number of carbonyl (C=O) groups is 1. The van der Waals surface area contributed by atoms with Gasteiger partial charge in [0.25, 0.3) is 5.91 Å². The second-order valence-corrected chi connectivity index (χ2v) is 5.01. The summed E-state index contributed by atoms with van der Waals surface area (Å²) in [5.41, 5.74) is 0.345. The van der Waals surface area contributed by atoms with E-state index < -0.39 is 29.5 Å². The summed E-state index contributed by atoms with van der Waals surface area (Å²) in [6.07, 6.45) is -0.233. The van der Waals surface area contributed by atoms with Crippen LogP contribution in [0.25, 0.3) is 0 Å². The molecule has 0 fully saturated rings. The maximum absolute atomic E-state index is 13.5. The number of carbonyl (C=O) groups excluding carboxylic acids is 1. The Bertz CT molecular complexity index is 733. The molecule has 3 rings (SSSR count). The molecule has 114 valence electrons. The van der Waals surface area contributed by atoms with Crippen LogP contribution in [0.15, 0.2) is 36.4 Å². The molecular weight excluding hydrogens is 295 g/mol. The van der Waals surface area contributed by atoms with Crippen LogP contribution in [0.5, 0.6) is 5.75 Å². The molecule has 0 radical (unpaired) electrons. The molecule has 1 aliphatic heterocycles. The van der Waals surface area contributed by atoms with Crippen LogP contribution < -0.4 is 10.1 Å². The Hall–Kier alpha value is -2.50. The number of hydrogen-bond acceptors (Lipinski definition) is 2. The summed E-state index contributed by atoms with van der Waals surface area (Å²) in [4.78, 5) is 11.9. The van der Waals surface area contributed by atoms with Crippen molar-refractivity contribution < 1.29 is 22.7 Å². The number of nitrogens with one attached hydrogen (secondary N) is 1. The van der Waals surface area contributed by atoms with Crippen LogP contribution in [0.2, 0.25) is 0 Å². The van der Waals surface area contributed by atoms with E-state index in [1.165, 1.54) is 24.3 Å². The molecule has 0 aromatic heterocycles. The van der Waals surface area contributed by atoms with Gasteiger partial charge in [0.05, 0.1) is 12.1 Å². The minimum atomic E-state index is -0.766. The molecule has 0 unspecified atom stereocenters. The van der Waals surface area contributed by atoms with Crippen LogP contribution in [0, 0.1) is 17.5 Å². The summed E-state index contributed by atoms with van der Waals surface area (Å²) in [5, 5.41) is 2.53. The maximum atomic E-state index is 13.5. The zero-order valence-corrected chi connectivity index (χ0v) is 11.4. The second-order valence-electron chi connectivity index (χ2n) is 5.01. The van der Waals surface area contributed by atoms with Crippen molar-refractivity contribution in [3.05, 3.63) is 65.0 Å². The third-order valence-electron chi connectivity index (χ3n) is 3.43. The van der Waals surface area contributed by atoms with Gasteiger partial charge in [-0.15, -0.1) is 0 Å². The van der Waals surface area contributed by atoms with Crippen molar-refractivity contribution in [3.8, 4) is 5.75 Å². The summed E-state index contributed by atoms with van der Waals surface area (Å²) in [7, 11) is 0. The summed E-state index contributed by atoms with van der Waals surface area (Å²) < 4.78 is 45.5. The number of hydrogen-bond donors (Lipinski definition) is 1. The molecule has 0 saturated carbocycles. The third-order valence-corrected chi connectivity index (χ3v) is 3.43. The molecular formula is C16H12F3NO2. The van der Waals surface area contributed by atoms with Crippen molar-refractivity contribution in [2.24, 2.45) is 0 Å². The Labute approximate surface area is 124 Å². The number of fused-ring (bicyclic) bond motifs is 1. The van der Waals surface area contributed by atoms with E-state index in [1.807, 2.05) is 0 Å². The molecule has 1 atom stereocenters. The van der Waals surface area contributed by atoms with Gasteiger partial charge in [0.1, 0.15) is 17.7 Å². The van der Waals surface area contributed by atoms with E-state index in [0.29, 0.717) is 5.56 Å². The van der Waals surface area contributed by atoms with Crippen LogP contribution in [0.1, 0.15) is 15.9 Å². The zero-order valence-electron chi connectivity index (χ0n) is 11.4. The predicted molar refractivity (Wildman–Crippen MR) is 73.2 cm³/mol. The largest absolute Gasteiger partial charge is 0.485 e. The van der Waals surface area contributed by atoms with Crippen molar-refractivity contribution in [2.75, 3.05) is 6.54 Å². The van der Waals surface area contributed by atoms with Gasteiger partial charge in [0.2, 0.25) is 0 Å². The Morgan fingerprint density at radius 1 is 1.18 bits per heavy atom. The molecule has 1 amide bonds. The van der Waals surface area contributed by atoms with E-state index in [2.05, 4.69) is 5.32 Å². The minimum absolute atomic E-state index is 0.00606. The van der Waals surface area contributed by atoms with Crippen LogP contribution in [-0.4, -0.2) is 18.6 Å². The van der Waals surface area contributed by atoms with Gasteiger partial charge in [-0.3, -0.25) is 4.79 Å². The number of amides is 1. The van der Waals surface area contributed by atoms with Gasteiger partial charge < -0.3 is 10.1 Å². The maximum Gasteiger partial charge on any atom is 0.254 e. The fraction of sp³-hybridized carbons (Fsp3) is 0.188. The smallest absolute Gasteiger partial charge is 0.254 e. The highest BCUT2D eigenvalue weighted by atomic mass is 19.1. The van der Waals surface area contributed by atoms with Crippen LogP contribution >= 0.6 is 0 Å². The standard InChI is InChI=1S/C16H12F3NO2/c17-10-5-9-6-11(22-15(9)14(19)7-10)8-20-16(21)12-3-1-2-4-13(12)18/h1-5,7,11H,6,8H2,(H,20,21)/t11-/m1/s1. The minimum Gasteiger partial charge on any atom is -0.485 e. The molecule has 1 N–H and O–H groups in total. The van der Waals surface area contributed by atoms with Crippen LogP contribution in [0.3, 0.4) is 0 Å². The average Bonchev–Trinajstić information content (AvgIpc) is 2.88. The van der Waals surface area contributed by atoms with Crippen LogP contribution in [-0.2, 0) is 6.42 Å². The van der Waals surface area contributed by atoms with E-state index in [1.54, 1.807) is 6.07 Å². The summed E-state index contributed by atoms with van der Waals surface area (Å²) in [5.74, 6) is -2.63. The van der Waals surface area contributed by atoms with Gasteiger partial charge in [-0.1, -0.05) is 12.1 Å². The summed E-state index contributed by atoms with van der Waals surface area (Å²) in [6.45, 7) is 0.0723. The fourth-order valence-electron chi connectivity index (χ4n) is 2.41. The van der Waals surface area contributed by atoms with Gasteiger partial charge in [-0.25, -0.2) is 13.2 Å². The average molecular weight is 307 g/mol. The summed E-state index contributed by atoms with van der Waals surface area (Å²) in [6, 6.07) is 7.55. The number of rotatable bonds is 3. The first-order chi connectivity index (χ1) is 10.5. The molecule has 0 spiro atoms. The molecule has 0 bridgehead atoms.